The lowest BCUT2D eigenvalue weighted by molar-refractivity contribution is -0.137. The van der Waals surface area contributed by atoms with Crippen molar-refractivity contribution in [1.29, 1.82) is 0 Å². The number of halogens is 3. The number of benzene rings is 2. The van der Waals surface area contributed by atoms with Crippen molar-refractivity contribution in [2.24, 2.45) is 0 Å². The SMILES string of the molecule is O=C(Cc1cccc(C(F)(F)F)c1)Cc1cc(C2(C(=O)NC3CC3)CCC2)ccc1-c1ccsc1. The topological polar surface area (TPSA) is 46.2 Å². The quantitative estimate of drug-likeness (QED) is 0.387. The Kier molecular flexibility index (Phi) is 6.30. The maximum absolute atomic E-state index is 13.1. The van der Waals surface area contributed by atoms with Crippen LogP contribution in [0.15, 0.2) is 59.3 Å². The van der Waals surface area contributed by atoms with Crippen LogP contribution in [0.25, 0.3) is 11.1 Å². The monoisotopic (exact) mass is 497 g/mol. The second-order valence-electron chi connectivity index (χ2n) is 9.66. The lowest BCUT2D eigenvalue weighted by Gasteiger charge is -2.41. The number of Topliss-reactive ketones (excluding diaryl/α,β-unsaturated/α-hetero) is 1. The number of alkyl halides is 3. The summed E-state index contributed by atoms with van der Waals surface area (Å²) in [5.41, 5.74) is 2.67. The summed E-state index contributed by atoms with van der Waals surface area (Å²) < 4.78 is 39.3. The van der Waals surface area contributed by atoms with E-state index in [9.17, 15) is 22.8 Å². The van der Waals surface area contributed by atoms with Gasteiger partial charge in [0, 0.05) is 18.9 Å². The van der Waals surface area contributed by atoms with Crippen molar-refractivity contribution in [2.75, 3.05) is 0 Å². The lowest BCUT2D eigenvalue weighted by atomic mass is 9.63. The predicted octanol–water partition coefficient (Wildman–Crippen LogP) is 6.49. The van der Waals surface area contributed by atoms with Gasteiger partial charge in [0.25, 0.3) is 0 Å². The Morgan fingerprint density at radius 1 is 1.03 bits per heavy atom. The molecule has 0 saturated heterocycles. The van der Waals surface area contributed by atoms with E-state index in [0.717, 1.165) is 66.5 Å². The molecule has 2 aliphatic carbocycles. The number of ketones is 1. The number of amides is 1. The molecule has 35 heavy (non-hydrogen) atoms. The third kappa shape index (κ3) is 5.06. The first-order valence-electron chi connectivity index (χ1n) is 11.9. The summed E-state index contributed by atoms with van der Waals surface area (Å²) >= 11 is 1.56. The number of thiophene rings is 1. The Morgan fingerprint density at radius 2 is 1.83 bits per heavy atom. The molecule has 2 aliphatic rings. The van der Waals surface area contributed by atoms with Crippen molar-refractivity contribution in [3.8, 4) is 11.1 Å². The molecule has 1 aromatic heterocycles. The minimum atomic E-state index is -4.45. The summed E-state index contributed by atoms with van der Waals surface area (Å²) in [7, 11) is 0. The van der Waals surface area contributed by atoms with E-state index >= 15 is 0 Å². The molecule has 2 saturated carbocycles. The first-order valence-corrected chi connectivity index (χ1v) is 12.8. The molecule has 7 heteroatoms. The largest absolute Gasteiger partial charge is 0.416 e. The van der Waals surface area contributed by atoms with E-state index in [1.165, 1.54) is 6.07 Å². The van der Waals surface area contributed by atoms with Gasteiger partial charge in [-0.2, -0.15) is 24.5 Å². The highest BCUT2D eigenvalue weighted by Crippen LogP contribution is 2.46. The van der Waals surface area contributed by atoms with Gasteiger partial charge in [0.2, 0.25) is 5.91 Å². The highest BCUT2D eigenvalue weighted by Gasteiger charge is 2.47. The third-order valence-corrected chi connectivity index (χ3v) is 7.77. The van der Waals surface area contributed by atoms with Crippen LogP contribution < -0.4 is 5.32 Å². The molecule has 0 aliphatic heterocycles. The van der Waals surface area contributed by atoms with Crippen LogP contribution in [-0.4, -0.2) is 17.7 Å². The van der Waals surface area contributed by atoms with Gasteiger partial charge >= 0.3 is 6.18 Å². The normalized spacial score (nSPS) is 17.0. The summed E-state index contributed by atoms with van der Waals surface area (Å²) in [5.74, 6) is -0.0983. The Balaban J connectivity index is 1.43. The van der Waals surface area contributed by atoms with E-state index < -0.39 is 17.2 Å². The van der Waals surface area contributed by atoms with Crippen LogP contribution in [0, 0.1) is 0 Å². The van der Waals surface area contributed by atoms with E-state index in [-0.39, 0.29) is 30.6 Å². The van der Waals surface area contributed by atoms with E-state index in [2.05, 4.69) is 5.32 Å². The van der Waals surface area contributed by atoms with Crippen LogP contribution in [0.5, 0.6) is 0 Å². The van der Waals surface area contributed by atoms with Crippen LogP contribution in [0.3, 0.4) is 0 Å². The molecule has 1 amide bonds. The zero-order valence-electron chi connectivity index (χ0n) is 19.2. The maximum atomic E-state index is 13.1. The second-order valence-corrected chi connectivity index (χ2v) is 10.4. The van der Waals surface area contributed by atoms with Gasteiger partial charge in [0.15, 0.2) is 0 Å². The molecular weight excluding hydrogens is 471 g/mol. The van der Waals surface area contributed by atoms with Crippen molar-refractivity contribution in [1.82, 2.24) is 5.32 Å². The standard InChI is InChI=1S/C28H26F3NO2S/c29-28(30,31)22-4-1-3-18(13-22)14-24(33)16-20-15-21(5-8-25(20)19-9-12-35-17-19)27(10-2-11-27)26(34)32-23-6-7-23/h1,3-5,8-9,12-13,15,17,23H,2,6-7,10-11,14,16H2,(H,32,34). The molecule has 0 bridgehead atoms. The fourth-order valence-corrected chi connectivity index (χ4v) is 5.48. The van der Waals surface area contributed by atoms with Gasteiger partial charge in [-0.1, -0.05) is 42.8 Å². The molecule has 0 unspecified atom stereocenters. The van der Waals surface area contributed by atoms with Crippen LogP contribution in [0.4, 0.5) is 13.2 Å². The van der Waals surface area contributed by atoms with Crippen LogP contribution >= 0.6 is 11.3 Å². The number of hydrogen-bond donors (Lipinski definition) is 1. The van der Waals surface area contributed by atoms with Crippen LogP contribution in [0.2, 0.25) is 0 Å². The summed E-state index contributed by atoms with van der Waals surface area (Å²) in [5, 5.41) is 7.13. The Labute approximate surface area is 206 Å². The summed E-state index contributed by atoms with van der Waals surface area (Å²) in [4.78, 5) is 26.2. The van der Waals surface area contributed by atoms with E-state index in [4.69, 9.17) is 0 Å². The lowest BCUT2D eigenvalue weighted by Crippen LogP contribution is -2.49. The van der Waals surface area contributed by atoms with Crippen LogP contribution in [-0.2, 0) is 34.0 Å². The third-order valence-electron chi connectivity index (χ3n) is 7.09. The smallest absolute Gasteiger partial charge is 0.353 e. The summed E-state index contributed by atoms with van der Waals surface area (Å²) in [6.45, 7) is 0. The molecule has 0 radical (unpaired) electrons. The fraction of sp³-hybridized carbons (Fsp3) is 0.357. The first-order chi connectivity index (χ1) is 16.7. The van der Waals surface area contributed by atoms with Crippen molar-refractivity contribution < 1.29 is 22.8 Å². The Bertz CT molecular complexity index is 1240. The number of carbonyl (C=O) groups excluding carboxylic acids is 2. The van der Waals surface area contributed by atoms with Gasteiger partial charge < -0.3 is 5.32 Å². The fourth-order valence-electron chi connectivity index (χ4n) is 4.83. The highest BCUT2D eigenvalue weighted by molar-refractivity contribution is 7.08. The molecule has 2 aromatic carbocycles. The van der Waals surface area contributed by atoms with Crippen molar-refractivity contribution in [3.63, 3.8) is 0 Å². The second kappa shape index (κ2) is 9.26. The van der Waals surface area contributed by atoms with Gasteiger partial charge in [0.1, 0.15) is 5.78 Å². The summed E-state index contributed by atoms with van der Waals surface area (Å²) in [6, 6.07) is 13.2. The maximum Gasteiger partial charge on any atom is 0.416 e. The van der Waals surface area contributed by atoms with E-state index in [1.807, 2.05) is 35.0 Å². The average molecular weight is 498 g/mol. The highest BCUT2D eigenvalue weighted by atomic mass is 32.1. The minimum absolute atomic E-state index is 0.0655. The zero-order valence-corrected chi connectivity index (χ0v) is 20.0. The number of nitrogens with one attached hydrogen (secondary N) is 1. The Hall–Kier alpha value is -2.93. The van der Waals surface area contributed by atoms with Gasteiger partial charge in [-0.15, -0.1) is 0 Å². The molecule has 3 aromatic rings. The van der Waals surface area contributed by atoms with Crippen LogP contribution in [0.1, 0.15) is 54.4 Å². The molecule has 3 nitrogen and oxygen atoms in total. The average Bonchev–Trinajstić information content (AvgIpc) is 3.41. The van der Waals surface area contributed by atoms with E-state index in [0.29, 0.717) is 5.56 Å². The molecule has 0 spiro atoms. The van der Waals surface area contributed by atoms with Gasteiger partial charge in [-0.3, -0.25) is 9.59 Å². The number of rotatable bonds is 8. The molecule has 1 heterocycles. The first kappa shape index (κ1) is 23.8. The molecule has 5 rings (SSSR count). The van der Waals surface area contributed by atoms with Crippen molar-refractivity contribution >= 4 is 23.0 Å². The van der Waals surface area contributed by atoms with Crippen molar-refractivity contribution in [2.45, 2.75) is 62.6 Å². The molecule has 2 fully saturated rings. The van der Waals surface area contributed by atoms with E-state index in [1.54, 1.807) is 17.4 Å². The zero-order chi connectivity index (χ0) is 24.6. The minimum Gasteiger partial charge on any atom is -0.353 e. The number of carbonyl (C=O) groups is 2. The Morgan fingerprint density at radius 3 is 2.46 bits per heavy atom. The van der Waals surface area contributed by atoms with Gasteiger partial charge in [0.05, 0.1) is 11.0 Å². The molecule has 1 N–H and O–H groups in total. The molecule has 0 atom stereocenters. The van der Waals surface area contributed by atoms with Crippen molar-refractivity contribution in [3.05, 3.63) is 81.5 Å². The summed E-state index contributed by atoms with van der Waals surface area (Å²) in [6.07, 6.45) is 0.149. The van der Waals surface area contributed by atoms with Gasteiger partial charge in [-0.05, 0) is 76.4 Å². The van der Waals surface area contributed by atoms with Gasteiger partial charge in [-0.25, -0.2) is 0 Å². The molecule has 182 valence electrons. The predicted molar refractivity (Wildman–Crippen MR) is 130 cm³/mol. The number of hydrogen-bond acceptors (Lipinski definition) is 3. The molecular formula is C28H26F3NO2S.